The Morgan fingerprint density at radius 1 is 0.919 bits per heavy atom. The first-order chi connectivity index (χ1) is 17.3. The van der Waals surface area contributed by atoms with Crippen molar-refractivity contribution in [1.29, 1.82) is 0 Å². The second kappa shape index (κ2) is 12.8. The first-order valence-electron chi connectivity index (χ1n) is 12.4. The third-order valence-electron chi connectivity index (χ3n) is 6.73. The molecule has 0 radical (unpaired) electrons. The number of carbonyl (C=O) groups is 6. The lowest BCUT2D eigenvalue weighted by Crippen LogP contribution is -2.60. The summed E-state index contributed by atoms with van der Waals surface area (Å²) in [5.41, 5.74) is 11.0. The van der Waals surface area contributed by atoms with E-state index in [0.29, 0.717) is 19.3 Å². The summed E-state index contributed by atoms with van der Waals surface area (Å²) in [6.45, 7) is 5.13. The highest BCUT2D eigenvalue weighted by Crippen LogP contribution is 2.21. The lowest BCUT2D eigenvalue weighted by molar-refractivity contribution is -0.149. The molecule has 0 unspecified atom stereocenters. The Labute approximate surface area is 215 Å². The molecule has 2 saturated heterocycles. The van der Waals surface area contributed by atoms with E-state index in [2.05, 4.69) is 10.6 Å². The van der Waals surface area contributed by atoms with E-state index in [0.717, 1.165) is 4.90 Å². The highest BCUT2D eigenvalue weighted by molar-refractivity contribution is 5.97. The summed E-state index contributed by atoms with van der Waals surface area (Å²) in [6.07, 6.45) is -0.0793. The third kappa shape index (κ3) is 7.38. The van der Waals surface area contributed by atoms with Gasteiger partial charge in [0, 0.05) is 13.1 Å². The highest BCUT2D eigenvalue weighted by atomic mass is 16.4. The number of nitrogens with one attached hydrogen (secondary N) is 2. The third-order valence-corrected chi connectivity index (χ3v) is 6.73. The van der Waals surface area contributed by atoms with Crippen LogP contribution in [0.25, 0.3) is 0 Å². The zero-order valence-electron chi connectivity index (χ0n) is 21.4. The summed E-state index contributed by atoms with van der Waals surface area (Å²) >= 11 is 0. The number of amides is 5. The van der Waals surface area contributed by atoms with Crippen LogP contribution in [0.2, 0.25) is 0 Å². The molecular formula is C23H38N6O8. The maximum atomic E-state index is 13.2. The fourth-order valence-electron chi connectivity index (χ4n) is 4.64. The molecule has 5 amide bonds. The van der Waals surface area contributed by atoms with Crippen molar-refractivity contribution in [1.82, 2.24) is 20.4 Å². The van der Waals surface area contributed by atoms with Gasteiger partial charge in [0.15, 0.2) is 0 Å². The average molecular weight is 527 g/mol. The fraction of sp³-hybridized carbons (Fsp3) is 0.739. The summed E-state index contributed by atoms with van der Waals surface area (Å²) in [7, 11) is 0. The molecular weight excluding hydrogens is 488 g/mol. The van der Waals surface area contributed by atoms with Crippen molar-refractivity contribution < 1.29 is 39.0 Å². The van der Waals surface area contributed by atoms with Crippen molar-refractivity contribution >= 4 is 35.5 Å². The molecule has 14 heteroatoms. The number of hydrogen-bond donors (Lipinski definition) is 6. The van der Waals surface area contributed by atoms with Gasteiger partial charge in [-0.2, -0.15) is 0 Å². The second-order valence-electron chi connectivity index (χ2n) is 9.95. The van der Waals surface area contributed by atoms with Gasteiger partial charge in [0.25, 0.3) is 0 Å². The molecule has 14 nitrogen and oxygen atoms in total. The van der Waals surface area contributed by atoms with E-state index in [-0.39, 0.29) is 19.5 Å². The van der Waals surface area contributed by atoms with Crippen LogP contribution < -0.4 is 22.1 Å². The molecule has 2 heterocycles. The molecule has 8 N–H and O–H groups in total. The predicted octanol–water partition coefficient (Wildman–Crippen LogP) is -2.74. The number of likely N-dealkylation sites (tertiary alicyclic amines) is 2. The number of rotatable bonds is 11. The maximum absolute atomic E-state index is 13.2. The molecule has 208 valence electrons. The van der Waals surface area contributed by atoms with Crippen molar-refractivity contribution in [2.24, 2.45) is 17.4 Å². The SMILES string of the molecule is CC(C)[C@H](NC(=O)[C@@H]1CCCN1C(=O)[C@@H](N)[C@@H](C)O)C(=O)N[C@@H](CC(N)=O)C(=O)N1CCC[C@H]1C(=O)O. The summed E-state index contributed by atoms with van der Waals surface area (Å²) in [5.74, 6) is -5.18. The van der Waals surface area contributed by atoms with E-state index >= 15 is 0 Å². The molecule has 2 aliphatic heterocycles. The number of primary amides is 1. The van der Waals surface area contributed by atoms with Crippen LogP contribution in [-0.2, 0) is 28.8 Å². The summed E-state index contributed by atoms with van der Waals surface area (Å²) < 4.78 is 0. The molecule has 2 fully saturated rings. The van der Waals surface area contributed by atoms with Crippen molar-refractivity contribution in [2.75, 3.05) is 13.1 Å². The molecule has 2 aliphatic rings. The molecule has 0 bridgehead atoms. The zero-order valence-corrected chi connectivity index (χ0v) is 21.4. The quantitative estimate of drug-likeness (QED) is 0.164. The highest BCUT2D eigenvalue weighted by Gasteiger charge is 2.41. The van der Waals surface area contributed by atoms with Crippen LogP contribution in [0.5, 0.6) is 0 Å². The minimum Gasteiger partial charge on any atom is -0.480 e. The zero-order chi connectivity index (χ0) is 28.0. The van der Waals surface area contributed by atoms with Gasteiger partial charge < -0.3 is 42.1 Å². The Morgan fingerprint density at radius 2 is 1.46 bits per heavy atom. The number of aliphatic hydroxyl groups excluding tert-OH is 1. The number of carboxylic acid groups (broad SMARTS) is 1. The molecule has 0 saturated carbocycles. The van der Waals surface area contributed by atoms with E-state index < -0.39 is 84.2 Å². The molecule has 37 heavy (non-hydrogen) atoms. The van der Waals surface area contributed by atoms with E-state index in [1.54, 1.807) is 13.8 Å². The van der Waals surface area contributed by atoms with Crippen molar-refractivity contribution in [3.63, 3.8) is 0 Å². The molecule has 2 rings (SSSR count). The van der Waals surface area contributed by atoms with Crippen LogP contribution in [0, 0.1) is 5.92 Å². The van der Waals surface area contributed by atoms with Gasteiger partial charge in [0.1, 0.15) is 30.2 Å². The number of nitrogens with two attached hydrogens (primary N) is 2. The largest absolute Gasteiger partial charge is 0.480 e. The van der Waals surface area contributed by atoms with Gasteiger partial charge in [0.2, 0.25) is 29.5 Å². The molecule has 0 aromatic carbocycles. The molecule has 6 atom stereocenters. The van der Waals surface area contributed by atoms with Gasteiger partial charge in [-0.3, -0.25) is 24.0 Å². The molecule has 0 aliphatic carbocycles. The van der Waals surface area contributed by atoms with E-state index in [1.807, 2.05) is 0 Å². The number of hydrogen-bond acceptors (Lipinski definition) is 8. The minimum absolute atomic E-state index is 0.158. The monoisotopic (exact) mass is 526 g/mol. The minimum atomic E-state index is -1.41. The first kappa shape index (κ1) is 30.0. The second-order valence-corrected chi connectivity index (χ2v) is 9.95. The van der Waals surface area contributed by atoms with Gasteiger partial charge in [-0.15, -0.1) is 0 Å². The summed E-state index contributed by atoms with van der Waals surface area (Å²) in [6, 6.07) is -5.70. The molecule has 0 spiro atoms. The number of carboxylic acids is 1. The van der Waals surface area contributed by atoms with Crippen LogP contribution in [-0.4, -0.2) is 105 Å². The molecule has 0 aromatic heterocycles. The maximum Gasteiger partial charge on any atom is 0.326 e. The van der Waals surface area contributed by atoms with Crippen LogP contribution in [0.3, 0.4) is 0 Å². The van der Waals surface area contributed by atoms with E-state index in [4.69, 9.17) is 11.5 Å². The average Bonchev–Trinajstić information content (AvgIpc) is 3.49. The molecule has 0 aromatic rings. The lowest BCUT2D eigenvalue weighted by atomic mass is 10.0. The van der Waals surface area contributed by atoms with Gasteiger partial charge >= 0.3 is 5.97 Å². The fourth-order valence-corrected chi connectivity index (χ4v) is 4.64. The van der Waals surface area contributed by atoms with Crippen molar-refractivity contribution in [3.8, 4) is 0 Å². The number of nitrogens with zero attached hydrogens (tertiary/aromatic N) is 2. The standard InChI is InChI=1S/C23H38N6O8/c1-11(2)18(27-19(32)14-6-4-8-28(14)22(35)17(25)12(3)30)20(33)26-13(10-16(24)31)21(34)29-9-5-7-15(29)23(36)37/h11-15,17-18,30H,4-10,25H2,1-3H3,(H2,24,31)(H,26,33)(H,27,32)(H,36,37)/t12-,13+,14+,15+,17+,18+/m1/s1. The Bertz CT molecular complexity index is 910. The van der Waals surface area contributed by atoms with Gasteiger partial charge in [0.05, 0.1) is 12.5 Å². The Balaban J connectivity index is 2.16. The van der Waals surface area contributed by atoms with Gasteiger partial charge in [-0.1, -0.05) is 13.8 Å². The predicted molar refractivity (Wildman–Crippen MR) is 129 cm³/mol. The van der Waals surface area contributed by atoms with Gasteiger partial charge in [-0.05, 0) is 38.5 Å². The summed E-state index contributed by atoms with van der Waals surface area (Å²) in [5, 5.41) is 24.1. The Hall–Kier alpha value is -3.26. The van der Waals surface area contributed by atoms with E-state index in [1.165, 1.54) is 11.8 Å². The van der Waals surface area contributed by atoms with Crippen LogP contribution in [0.4, 0.5) is 0 Å². The topological polar surface area (TPSA) is 225 Å². The smallest absolute Gasteiger partial charge is 0.326 e. The summed E-state index contributed by atoms with van der Waals surface area (Å²) in [4.78, 5) is 77.5. The van der Waals surface area contributed by atoms with Crippen molar-refractivity contribution in [2.45, 2.75) is 89.2 Å². The Kier molecular flexibility index (Phi) is 10.4. The van der Waals surface area contributed by atoms with Gasteiger partial charge in [-0.25, -0.2) is 4.79 Å². The van der Waals surface area contributed by atoms with Crippen LogP contribution in [0.1, 0.15) is 52.9 Å². The van der Waals surface area contributed by atoms with Crippen molar-refractivity contribution in [3.05, 3.63) is 0 Å². The number of aliphatic hydroxyl groups is 1. The Morgan fingerprint density at radius 3 is 1.95 bits per heavy atom. The number of carbonyl (C=O) groups excluding carboxylic acids is 5. The number of aliphatic carboxylic acids is 1. The normalized spacial score (nSPS) is 22.8. The van der Waals surface area contributed by atoms with E-state index in [9.17, 15) is 39.0 Å². The lowest BCUT2D eigenvalue weighted by Gasteiger charge is -2.31. The van der Waals surface area contributed by atoms with Crippen LogP contribution >= 0.6 is 0 Å². The van der Waals surface area contributed by atoms with Crippen LogP contribution in [0.15, 0.2) is 0 Å². The first-order valence-corrected chi connectivity index (χ1v) is 12.4.